The zero-order valence-corrected chi connectivity index (χ0v) is 15.6. The first-order valence-electron chi connectivity index (χ1n) is 8.77. The maximum atomic E-state index is 12.1. The Morgan fingerprint density at radius 2 is 1.85 bits per heavy atom. The van der Waals surface area contributed by atoms with Crippen molar-refractivity contribution in [2.24, 2.45) is 0 Å². The molecule has 0 atom stereocenters. The van der Waals surface area contributed by atoms with E-state index in [0.29, 0.717) is 11.1 Å². The smallest absolute Gasteiger partial charge is 0.248 e. The van der Waals surface area contributed by atoms with Crippen LogP contribution in [-0.2, 0) is 9.53 Å². The normalized spacial score (nSPS) is 15.4. The third-order valence-electron chi connectivity index (χ3n) is 4.59. The van der Waals surface area contributed by atoms with Crippen LogP contribution >= 0.6 is 11.6 Å². The molecule has 1 fully saturated rings. The first-order chi connectivity index (χ1) is 12.7. The maximum Gasteiger partial charge on any atom is 0.248 e. The summed E-state index contributed by atoms with van der Waals surface area (Å²) in [5.74, 6) is -0.182. The van der Waals surface area contributed by atoms with Gasteiger partial charge in [-0.05, 0) is 54.8 Å². The van der Waals surface area contributed by atoms with Gasteiger partial charge in [0.2, 0.25) is 5.91 Å². The number of nitrogens with zero attached hydrogens (tertiary/aromatic N) is 1. The van der Waals surface area contributed by atoms with Crippen LogP contribution in [0, 0.1) is 0 Å². The lowest BCUT2D eigenvalue weighted by molar-refractivity contribution is -0.111. The lowest BCUT2D eigenvalue weighted by Gasteiger charge is -2.33. The number of anilines is 2. The fraction of sp³-hybridized carbons (Fsp3) is 0.286. The molecule has 0 unspecified atom stereocenters. The van der Waals surface area contributed by atoms with Crippen molar-refractivity contribution in [1.82, 2.24) is 0 Å². The Morgan fingerprint density at radius 1 is 1.15 bits per heavy atom. The number of hydrogen-bond donors (Lipinski definition) is 1. The van der Waals surface area contributed by atoms with Gasteiger partial charge in [-0.2, -0.15) is 0 Å². The van der Waals surface area contributed by atoms with Crippen LogP contribution in [0.5, 0.6) is 0 Å². The Morgan fingerprint density at radius 3 is 2.50 bits per heavy atom. The van der Waals surface area contributed by atoms with Crippen molar-refractivity contribution in [2.75, 3.05) is 30.4 Å². The summed E-state index contributed by atoms with van der Waals surface area (Å²) in [5, 5.41) is 3.49. The molecule has 0 spiro atoms. The average Bonchev–Trinajstić information content (AvgIpc) is 2.68. The van der Waals surface area contributed by atoms with Gasteiger partial charge in [-0.25, -0.2) is 0 Å². The molecule has 0 aliphatic carbocycles. The summed E-state index contributed by atoms with van der Waals surface area (Å²) in [4.78, 5) is 14.4. The molecule has 3 rings (SSSR count). The Balaban J connectivity index is 1.56. The van der Waals surface area contributed by atoms with Crippen molar-refractivity contribution in [3.8, 4) is 0 Å². The number of benzene rings is 2. The molecule has 5 heteroatoms. The number of piperidine rings is 1. The summed E-state index contributed by atoms with van der Waals surface area (Å²) < 4.78 is 5.41. The molecular formula is C21H23ClN2O2. The van der Waals surface area contributed by atoms with Gasteiger partial charge in [-0.15, -0.1) is 0 Å². The Kier molecular flexibility index (Phi) is 6.31. The van der Waals surface area contributed by atoms with Crippen molar-refractivity contribution >= 4 is 35.0 Å². The summed E-state index contributed by atoms with van der Waals surface area (Å²) in [5.41, 5.74) is 2.76. The Bertz CT molecular complexity index is 766. The first kappa shape index (κ1) is 18.5. The predicted octanol–water partition coefficient (Wildman–Crippen LogP) is 4.61. The highest BCUT2D eigenvalue weighted by molar-refractivity contribution is 6.32. The van der Waals surface area contributed by atoms with Crippen molar-refractivity contribution in [2.45, 2.75) is 18.9 Å². The highest BCUT2D eigenvalue weighted by Crippen LogP contribution is 2.23. The molecule has 26 heavy (non-hydrogen) atoms. The van der Waals surface area contributed by atoms with Crippen molar-refractivity contribution < 1.29 is 9.53 Å². The van der Waals surface area contributed by atoms with Gasteiger partial charge in [0.15, 0.2) is 0 Å². The number of methoxy groups -OCH3 is 1. The molecule has 1 N–H and O–H groups in total. The highest BCUT2D eigenvalue weighted by Gasteiger charge is 2.18. The number of carbonyl (C=O) groups excluding carboxylic acids is 1. The van der Waals surface area contributed by atoms with Crippen LogP contribution in [0.15, 0.2) is 54.6 Å². The summed E-state index contributed by atoms with van der Waals surface area (Å²) in [6, 6.07) is 15.4. The minimum atomic E-state index is -0.182. The monoisotopic (exact) mass is 370 g/mol. The van der Waals surface area contributed by atoms with E-state index in [9.17, 15) is 4.79 Å². The van der Waals surface area contributed by atoms with E-state index in [-0.39, 0.29) is 5.91 Å². The molecule has 0 aromatic heterocycles. The standard InChI is InChI=1S/C21H23ClN2O2/c1-26-19-12-14-24(15-13-19)18-9-7-17(8-10-18)23-21(25)11-6-16-4-2-3-5-20(16)22/h2-11,19H,12-15H2,1H3,(H,23,25)/b11-6+. The second-order valence-electron chi connectivity index (χ2n) is 6.31. The number of amides is 1. The van der Waals surface area contributed by atoms with Gasteiger partial charge in [0.25, 0.3) is 0 Å². The summed E-state index contributed by atoms with van der Waals surface area (Å²) in [6.45, 7) is 1.98. The third kappa shape index (κ3) is 4.87. The predicted molar refractivity (Wildman–Crippen MR) is 108 cm³/mol. The number of halogens is 1. The molecule has 0 bridgehead atoms. The van der Waals surface area contributed by atoms with Gasteiger partial charge < -0.3 is 15.0 Å². The Labute approximate surface area is 159 Å². The molecular weight excluding hydrogens is 348 g/mol. The minimum absolute atomic E-state index is 0.182. The molecule has 1 aliphatic rings. The van der Waals surface area contributed by atoms with Crippen LogP contribution in [0.3, 0.4) is 0 Å². The summed E-state index contributed by atoms with van der Waals surface area (Å²) in [7, 11) is 1.78. The summed E-state index contributed by atoms with van der Waals surface area (Å²) in [6.07, 6.45) is 5.66. The molecule has 1 saturated heterocycles. The lowest BCUT2D eigenvalue weighted by atomic mass is 10.1. The SMILES string of the molecule is COC1CCN(c2ccc(NC(=O)/C=C/c3ccccc3Cl)cc2)CC1. The number of nitrogens with one attached hydrogen (secondary N) is 1. The zero-order valence-electron chi connectivity index (χ0n) is 14.8. The lowest BCUT2D eigenvalue weighted by Crippen LogP contribution is -2.36. The molecule has 4 nitrogen and oxygen atoms in total. The van der Waals surface area contributed by atoms with E-state index in [2.05, 4.69) is 10.2 Å². The molecule has 136 valence electrons. The maximum absolute atomic E-state index is 12.1. The quantitative estimate of drug-likeness (QED) is 0.781. The van der Waals surface area contributed by atoms with Crippen molar-refractivity contribution in [3.63, 3.8) is 0 Å². The van der Waals surface area contributed by atoms with Crippen LogP contribution in [0.25, 0.3) is 6.08 Å². The van der Waals surface area contributed by atoms with Crippen LogP contribution < -0.4 is 10.2 Å². The zero-order chi connectivity index (χ0) is 18.4. The molecule has 0 saturated carbocycles. The van der Waals surface area contributed by atoms with Gasteiger partial charge in [0.1, 0.15) is 0 Å². The fourth-order valence-electron chi connectivity index (χ4n) is 3.06. The molecule has 0 radical (unpaired) electrons. The van der Waals surface area contributed by atoms with E-state index in [1.165, 1.54) is 11.8 Å². The average molecular weight is 371 g/mol. The van der Waals surface area contributed by atoms with Crippen molar-refractivity contribution in [1.29, 1.82) is 0 Å². The van der Waals surface area contributed by atoms with Gasteiger partial charge in [-0.1, -0.05) is 29.8 Å². The van der Waals surface area contributed by atoms with Gasteiger partial charge in [0.05, 0.1) is 6.10 Å². The topological polar surface area (TPSA) is 41.6 Å². The van der Waals surface area contributed by atoms with Crippen LogP contribution in [-0.4, -0.2) is 32.2 Å². The molecule has 2 aromatic carbocycles. The van der Waals surface area contributed by atoms with E-state index in [4.69, 9.17) is 16.3 Å². The third-order valence-corrected chi connectivity index (χ3v) is 4.94. The van der Waals surface area contributed by atoms with E-state index in [1.54, 1.807) is 19.3 Å². The highest BCUT2D eigenvalue weighted by atomic mass is 35.5. The molecule has 2 aromatic rings. The fourth-order valence-corrected chi connectivity index (χ4v) is 3.26. The van der Waals surface area contributed by atoms with Gasteiger partial charge in [-0.3, -0.25) is 4.79 Å². The van der Waals surface area contributed by atoms with Crippen LogP contribution in [0.2, 0.25) is 5.02 Å². The van der Waals surface area contributed by atoms with E-state index >= 15 is 0 Å². The van der Waals surface area contributed by atoms with Gasteiger partial charge >= 0.3 is 0 Å². The minimum Gasteiger partial charge on any atom is -0.381 e. The number of carbonyl (C=O) groups is 1. The summed E-state index contributed by atoms with van der Waals surface area (Å²) >= 11 is 6.08. The van der Waals surface area contributed by atoms with Crippen LogP contribution in [0.4, 0.5) is 11.4 Å². The number of rotatable bonds is 5. The number of hydrogen-bond acceptors (Lipinski definition) is 3. The molecule has 1 heterocycles. The number of ether oxygens (including phenoxy) is 1. The van der Waals surface area contributed by atoms with E-state index < -0.39 is 0 Å². The van der Waals surface area contributed by atoms with Crippen LogP contribution in [0.1, 0.15) is 18.4 Å². The van der Waals surface area contributed by atoms with E-state index in [1.807, 2.05) is 42.5 Å². The molecule has 1 amide bonds. The second kappa shape index (κ2) is 8.88. The second-order valence-corrected chi connectivity index (χ2v) is 6.72. The first-order valence-corrected chi connectivity index (χ1v) is 9.15. The molecule has 1 aliphatic heterocycles. The van der Waals surface area contributed by atoms with E-state index in [0.717, 1.165) is 37.2 Å². The van der Waals surface area contributed by atoms with Crippen molar-refractivity contribution in [3.05, 3.63) is 65.2 Å². The largest absolute Gasteiger partial charge is 0.381 e. The van der Waals surface area contributed by atoms with Gasteiger partial charge in [0, 0.05) is 42.7 Å². The Hall–Kier alpha value is -2.30.